The Morgan fingerprint density at radius 1 is 1.43 bits per heavy atom. The summed E-state index contributed by atoms with van der Waals surface area (Å²) in [7, 11) is 0. The summed E-state index contributed by atoms with van der Waals surface area (Å²) in [5.41, 5.74) is 2.82. The number of aliphatic hydroxyl groups excluding tert-OH is 1. The molecule has 0 aromatic heterocycles. The first kappa shape index (κ1) is 16.3. The lowest BCUT2D eigenvalue weighted by Crippen LogP contribution is -2.41. The maximum Gasteiger partial charge on any atom is 0.248 e. The van der Waals surface area contributed by atoms with Crippen LogP contribution < -0.4 is 5.32 Å². The van der Waals surface area contributed by atoms with Gasteiger partial charge in [0.2, 0.25) is 5.91 Å². The van der Waals surface area contributed by atoms with E-state index in [1.165, 1.54) is 11.1 Å². The number of amides is 1. The Kier molecular flexibility index (Phi) is 6.54. The minimum atomic E-state index is -0.875. The Morgan fingerprint density at radius 3 is 2.95 bits per heavy atom. The van der Waals surface area contributed by atoms with E-state index in [2.05, 4.69) is 34.5 Å². The van der Waals surface area contributed by atoms with Crippen molar-refractivity contribution in [2.75, 3.05) is 31.6 Å². The summed E-state index contributed by atoms with van der Waals surface area (Å²) >= 11 is 1.64. The van der Waals surface area contributed by atoms with Gasteiger partial charge in [-0.1, -0.05) is 24.3 Å². The smallest absolute Gasteiger partial charge is 0.248 e. The third kappa shape index (κ3) is 5.02. The number of carbonyl (C=O) groups excluding carboxylic acids is 1. The molecule has 1 aliphatic heterocycles. The van der Waals surface area contributed by atoms with E-state index in [9.17, 15) is 9.90 Å². The van der Waals surface area contributed by atoms with E-state index in [0.717, 1.165) is 31.8 Å². The zero-order valence-corrected chi connectivity index (χ0v) is 13.4. The molecule has 2 N–H and O–H groups in total. The number of thioether (sulfide) groups is 1. The maximum absolute atomic E-state index is 11.7. The molecule has 1 aromatic rings. The van der Waals surface area contributed by atoms with E-state index in [1.54, 1.807) is 11.8 Å². The minimum absolute atomic E-state index is 0.249. The Bertz CT molecular complexity index is 467. The zero-order chi connectivity index (χ0) is 15.1. The predicted octanol–water partition coefficient (Wildman–Crippen LogP) is 1.27. The minimum Gasteiger partial charge on any atom is -0.383 e. The van der Waals surface area contributed by atoms with E-state index >= 15 is 0 Å². The summed E-state index contributed by atoms with van der Waals surface area (Å²) in [6.45, 7) is 3.40. The molecule has 1 atom stereocenters. The van der Waals surface area contributed by atoms with Crippen LogP contribution in [0.4, 0.5) is 0 Å². The highest BCUT2D eigenvalue weighted by Crippen LogP contribution is 2.17. The Morgan fingerprint density at radius 2 is 2.19 bits per heavy atom. The zero-order valence-electron chi connectivity index (χ0n) is 12.5. The molecule has 1 unspecified atom stereocenters. The van der Waals surface area contributed by atoms with Gasteiger partial charge in [-0.05, 0) is 36.0 Å². The number of rotatable bonds is 7. The van der Waals surface area contributed by atoms with Crippen LogP contribution in [-0.4, -0.2) is 53.7 Å². The van der Waals surface area contributed by atoms with Crippen LogP contribution in [0.2, 0.25) is 0 Å². The van der Waals surface area contributed by atoms with Gasteiger partial charge in [-0.2, -0.15) is 11.8 Å². The van der Waals surface area contributed by atoms with E-state index in [4.69, 9.17) is 0 Å². The van der Waals surface area contributed by atoms with Gasteiger partial charge in [0.1, 0.15) is 6.10 Å². The molecule has 2 rings (SSSR count). The fourth-order valence-electron chi connectivity index (χ4n) is 2.56. The number of fused-ring (bicyclic) bond motifs is 1. The molecule has 4 nitrogen and oxygen atoms in total. The number of carbonyl (C=O) groups is 1. The lowest BCUT2D eigenvalue weighted by atomic mass is 10.00. The van der Waals surface area contributed by atoms with Crippen molar-refractivity contribution in [3.05, 3.63) is 35.4 Å². The third-order valence-corrected chi connectivity index (χ3v) is 4.48. The molecule has 5 heteroatoms. The summed E-state index contributed by atoms with van der Waals surface area (Å²) in [6, 6.07) is 8.53. The molecule has 1 amide bonds. The first-order valence-electron chi connectivity index (χ1n) is 7.44. The number of hydrogen-bond acceptors (Lipinski definition) is 4. The largest absolute Gasteiger partial charge is 0.383 e. The Balaban J connectivity index is 1.69. The van der Waals surface area contributed by atoms with Gasteiger partial charge in [-0.3, -0.25) is 9.69 Å². The molecule has 0 spiro atoms. The number of nitrogens with one attached hydrogen (secondary N) is 1. The van der Waals surface area contributed by atoms with Gasteiger partial charge in [-0.15, -0.1) is 0 Å². The molecule has 0 radical (unpaired) electrons. The summed E-state index contributed by atoms with van der Waals surface area (Å²) in [5.74, 6) is 0.554. The molecule has 21 heavy (non-hydrogen) atoms. The maximum atomic E-state index is 11.7. The molecule has 116 valence electrons. The Hall–Kier alpha value is -1.04. The topological polar surface area (TPSA) is 52.6 Å². The van der Waals surface area contributed by atoms with Gasteiger partial charge in [-0.25, -0.2) is 0 Å². The number of aliphatic hydroxyl groups is 1. The second kappa shape index (κ2) is 8.41. The van der Waals surface area contributed by atoms with E-state index in [1.807, 2.05) is 6.26 Å². The van der Waals surface area contributed by atoms with Crippen molar-refractivity contribution in [3.63, 3.8) is 0 Å². The van der Waals surface area contributed by atoms with Crippen LogP contribution in [0, 0.1) is 0 Å². The summed E-state index contributed by atoms with van der Waals surface area (Å²) in [6.07, 6.45) is 2.68. The fourth-order valence-corrected chi connectivity index (χ4v) is 3.02. The van der Waals surface area contributed by atoms with Crippen LogP contribution in [0.3, 0.4) is 0 Å². The van der Waals surface area contributed by atoms with Crippen LogP contribution in [0.25, 0.3) is 0 Å². The van der Waals surface area contributed by atoms with Gasteiger partial charge in [0.05, 0.1) is 0 Å². The van der Waals surface area contributed by atoms with Crippen LogP contribution in [0.1, 0.15) is 17.5 Å². The highest BCUT2D eigenvalue weighted by molar-refractivity contribution is 7.98. The van der Waals surface area contributed by atoms with Gasteiger partial charge < -0.3 is 10.4 Å². The summed E-state index contributed by atoms with van der Waals surface area (Å²) in [4.78, 5) is 14.0. The van der Waals surface area contributed by atoms with Crippen molar-refractivity contribution >= 4 is 17.7 Å². The SMILES string of the molecule is CSCCC(O)C(=O)NCCN1CCc2ccccc2C1. The van der Waals surface area contributed by atoms with E-state index in [-0.39, 0.29) is 5.91 Å². The van der Waals surface area contributed by atoms with Crippen LogP contribution in [0.5, 0.6) is 0 Å². The molecular formula is C16H24N2O2S. The molecular weight excluding hydrogens is 284 g/mol. The number of hydrogen-bond donors (Lipinski definition) is 2. The van der Waals surface area contributed by atoms with E-state index in [0.29, 0.717) is 13.0 Å². The lowest BCUT2D eigenvalue weighted by Gasteiger charge is -2.28. The molecule has 0 saturated heterocycles. The molecule has 0 aliphatic carbocycles. The van der Waals surface area contributed by atoms with Crippen LogP contribution in [-0.2, 0) is 17.8 Å². The molecule has 0 bridgehead atoms. The van der Waals surface area contributed by atoms with Crippen molar-refractivity contribution < 1.29 is 9.90 Å². The van der Waals surface area contributed by atoms with Crippen molar-refractivity contribution in [3.8, 4) is 0 Å². The molecule has 1 aromatic carbocycles. The van der Waals surface area contributed by atoms with Crippen molar-refractivity contribution in [2.45, 2.75) is 25.5 Å². The summed E-state index contributed by atoms with van der Waals surface area (Å²) in [5, 5.41) is 12.5. The molecule has 0 saturated carbocycles. The third-order valence-electron chi connectivity index (χ3n) is 3.84. The van der Waals surface area contributed by atoms with Crippen LogP contribution in [0.15, 0.2) is 24.3 Å². The van der Waals surface area contributed by atoms with Gasteiger partial charge >= 0.3 is 0 Å². The summed E-state index contributed by atoms with van der Waals surface area (Å²) < 4.78 is 0. The second-order valence-corrected chi connectivity index (χ2v) is 6.37. The van der Waals surface area contributed by atoms with Gasteiger partial charge in [0.15, 0.2) is 0 Å². The van der Waals surface area contributed by atoms with Crippen molar-refractivity contribution in [2.24, 2.45) is 0 Å². The predicted molar refractivity (Wildman–Crippen MR) is 87.4 cm³/mol. The highest BCUT2D eigenvalue weighted by Gasteiger charge is 2.17. The number of nitrogens with zero attached hydrogens (tertiary/aromatic N) is 1. The molecule has 1 aliphatic rings. The average molecular weight is 308 g/mol. The quantitative estimate of drug-likeness (QED) is 0.797. The van der Waals surface area contributed by atoms with Gasteiger partial charge in [0, 0.05) is 26.2 Å². The number of benzene rings is 1. The highest BCUT2D eigenvalue weighted by atomic mass is 32.2. The molecule has 0 fully saturated rings. The normalized spacial score (nSPS) is 16.3. The standard InChI is InChI=1S/C16H24N2O2S/c1-21-11-7-15(19)16(20)17-8-10-18-9-6-13-4-2-3-5-14(13)12-18/h2-5,15,19H,6-12H2,1H3,(H,17,20). The van der Waals surface area contributed by atoms with Gasteiger partial charge in [0.25, 0.3) is 0 Å². The first-order valence-corrected chi connectivity index (χ1v) is 8.84. The van der Waals surface area contributed by atoms with E-state index < -0.39 is 6.10 Å². The Labute approximate surface area is 130 Å². The monoisotopic (exact) mass is 308 g/mol. The second-order valence-electron chi connectivity index (χ2n) is 5.38. The molecule has 1 heterocycles. The van der Waals surface area contributed by atoms with Crippen molar-refractivity contribution in [1.82, 2.24) is 10.2 Å². The lowest BCUT2D eigenvalue weighted by molar-refractivity contribution is -0.129. The fraction of sp³-hybridized carbons (Fsp3) is 0.562. The van der Waals surface area contributed by atoms with Crippen molar-refractivity contribution in [1.29, 1.82) is 0 Å². The average Bonchev–Trinajstić information content (AvgIpc) is 2.52. The first-order chi connectivity index (χ1) is 10.2. The van der Waals surface area contributed by atoms with Crippen LogP contribution >= 0.6 is 11.8 Å².